The first-order chi connectivity index (χ1) is 8.25. The van der Waals surface area contributed by atoms with Gasteiger partial charge in [-0.05, 0) is 36.5 Å². The third-order valence-electron chi connectivity index (χ3n) is 2.92. The Morgan fingerprint density at radius 1 is 1.28 bits per heavy atom. The summed E-state index contributed by atoms with van der Waals surface area (Å²) in [5, 5.41) is 0. The third-order valence-corrected chi connectivity index (χ3v) is 2.92. The molecule has 1 nitrogen and oxygen atoms in total. The fourth-order valence-electron chi connectivity index (χ4n) is 1.87. The van der Waals surface area contributed by atoms with E-state index in [1.807, 2.05) is 13.0 Å². The lowest BCUT2D eigenvalue weighted by atomic mass is 9.84. The largest absolute Gasteiger partial charge is 0.496 e. The lowest BCUT2D eigenvalue weighted by Gasteiger charge is -2.22. The fraction of sp³-hybridized carbons (Fsp3) is 0.412. The van der Waals surface area contributed by atoms with Crippen molar-refractivity contribution in [2.24, 2.45) is 0 Å². The van der Waals surface area contributed by atoms with Crippen LogP contribution in [0.5, 0.6) is 5.75 Å². The van der Waals surface area contributed by atoms with Crippen LogP contribution in [0.2, 0.25) is 0 Å². The van der Waals surface area contributed by atoms with Crippen LogP contribution in [0.25, 0.3) is 6.08 Å². The minimum Gasteiger partial charge on any atom is -0.496 e. The van der Waals surface area contributed by atoms with Gasteiger partial charge in [0.15, 0.2) is 0 Å². The molecule has 18 heavy (non-hydrogen) atoms. The number of hydrogen-bond acceptors (Lipinski definition) is 1. The molecule has 0 radical (unpaired) electrons. The topological polar surface area (TPSA) is 9.23 Å². The number of aryl methyl sites for hydroxylation is 1. The number of hydrogen-bond donors (Lipinski definition) is 0. The molecular formula is C17H24O. The van der Waals surface area contributed by atoms with Gasteiger partial charge in [0.1, 0.15) is 5.75 Å². The summed E-state index contributed by atoms with van der Waals surface area (Å²) in [6.45, 7) is 14.6. The van der Waals surface area contributed by atoms with Crippen LogP contribution in [-0.2, 0) is 5.41 Å². The number of benzene rings is 1. The summed E-state index contributed by atoms with van der Waals surface area (Å²) in [5.74, 6) is 0.945. The Hall–Kier alpha value is -1.50. The Kier molecular flexibility index (Phi) is 4.39. The molecule has 1 aromatic carbocycles. The molecule has 0 N–H and O–H groups in total. The molecule has 0 aliphatic rings. The average Bonchev–Trinajstić information content (AvgIpc) is 2.24. The lowest BCUT2D eigenvalue weighted by molar-refractivity contribution is 0.410. The monoisotopic (exact) mass is 244 g/mol. The number of allylic oxidation sites excluding steroid dienone is 2. The van der Waals surface area contributed by atoms with Gasteiger partial charge in [0.2, 0.25) is 0 Å². The molecule has 1 heteroatoms. The van der Waals surface area contributed by atoms with Crippen LogP contribution >= 0.6 is 0 Å². The van der Waals surface area contributed by atoms with E-state index in [-0.39, 0.29) is 5.41 Å². The van der Waals surface area contributed by atoms with Gasteiger partial charge in [-0.3, -0.25) is 0 Å². The molecule has 0 saturated carbocycles. The molecule has 0 unspecified atom stereocenters. The average molecular weight is 244 g/mol. The smallest absolute Gasteiger partial charge is 0.128 e. The van der Waals surface area contributed by atoms with Crippen LogP contribution < -0.4 is 4.74 Å². The highest BCUT2D eigenvalue weighted by Crippen LogP contribution is 2.32. The SMILES string of the molecule is C=C(C)/C=C\c1cc(C(C)(C)C)cc(C)c1OC. The van der Waals surface area contributed by atoms with E-state index >= 15 is 0 Å². The van der Waals surface area contributed by atoms with E-state index in [0.29, 0.717) is 0 Å². The van der Waals surface area contributed by atoms with Crippen LogP contribution in [0.3, 0.4) is 0 Å². The zero-order valence-electron chi connectivity index (χ0n) is 12.4. The predicted octanol–water partition coefficient (Wildman–Crippen LogP) is 4.89. The van der Waals surface area contributed by atoms with E-state index in [4.69, 9.17) is 4.74 Å². The molecular weight excluding hydrogens is 220 g/mol. The Morgan fingerprint density at radius 2 is 1.89 bits per heavy atom. The maximum Gasteiger partial charge on any atom is 0.128 e. The van der Waals surface area contributed by atoms with Crippen LogP contribution in [0.1, 0.15) is 44.4 Å². The summed E-state index contributed by atoms with van der Waals surface area (Å²) in [6, 6.07) is 4.40. The highest BCUT2D eigenvalue weighted by molar-refractivity contribution is 5.63. The highest BCUT2D eigenvalue weighted by Gasteiger charge is 2.16. The van der Waals surface area contributed by atoms with Crippen molar-refractivity contribution in [3.8, 4) is 5.75 Å². The van der Waals surface area contributed by atoms with Crippen LogP contribution in [0.4, 0.5) is 0 Å². The van der Waals surface area contributed by atoms with E-state index < -0.39 is 0 Å². The molecule has 0 atom stereocenters. The third kappa shape index (κ3) is 3.49. The zero-order valence-corrected chi connectivity index (χ0v) is 12.4. The van der Waals surface area contributed by atoms with Crippen molar-refractivity contribution >= 4 is 6.08 Å². The second kappa shape index (κ2) is 5.43. The van der Waals surface area contributed by atoms with Crippen molar-refractivity contribution in [1.29, 1.82) is 0 Å². The van der Waals surface area contributed by atoms with E-state index in [1.165, 1.54) is 11.1 Å². The Morgan fingerprint density at radius 3 is 2.33 bits per heavy atom. The quantitative estimate of drug-likeness (QED) is 0.688. The Labute approximate surface area is 111 Å². The molecule has 0 aliphatic carbocycles. The lowest BCUT2D eigenvalue weighted by Crippen LogP contribution is -2.12. The zero-order chi connectivity index (χ0) is 13.9. The molecule has 0 aliphatic heterocycles. The molecule has 1 aromatic rings. The van der Waals surface area contributed by atoms with Gasteiger partial charge in [0, 0.05) is 5.56 Å². The maximum atomic E-state index is 5.50. The van der Waals surface area contributed by atoms with Gasteiger partial charge >= 0.3 is 0 Å². The van der Waals surface area contributed by atoms with Crippen LogP contribution in [-0.4, -0.2) is 7.11 Å². The molecule has 0 spiro atoms. The predicted molar refractivity (Wildman–Crippen MR) is 80.3 cm³/mol. The minimum absolute atomic E-state index is 0.142. The number of rotatable bonds is 3. The van der Waals surface area contributed by atoms with Gasteiger partial charge in [-0.2, -0.15) is 0 Å². The van der Waals surface area contributed by atoms with Crippen molar-refractivity contribution in [3.05, 3.63) is 47.1 Å². The molecule has 0 fully saturated rings. The summed E-state index contributed by atoms with van der Waals surface area (Å²) < 4.78 is 5.50. The summed E-state index contributed by atoms with van der Waals surface area (Å²) in [5.41, 5.74) is 4.79. The van der Waals surface area contributed by atoms with Gasteiger partial charge in [-0.1, -0.05) is 51.1 Å². The van der Waals surface area contributed by atoms with E-state index in [2.05, 4.69) is 52.5 Å². The summed E-state index contributed by atoms with van der Waals surface area (Å²) in [7, 11) is 1.72. The Balaban J connectivity index is 3.37. The van der Waals surface area contributed by atoms with E-state index in [9.17, 15) is 0 Å². The van der Waals surface area contributed by atoms with Gasteiger partial charge in [0.25, 0.3) is 0 Å². The second-order valence-corrected chi connectivity index (χ2v) is 5.85. The van der Waals surface area contributed by atoms with E-state index in [0.717, 1.165) is 16.9 Å². The summed E-state index contributed by atoms with van der Waals surface area (Å²) >= 11 is 0. The van der Waals surface area contributed by atoms with Crippen molar-refractivity contribution in [2.75, 3.05) is 7.11 Å². The van der Waals surface area contributed by atoms with Crippen molar-refractivity contribution in [1.82, 2.24) is 0 Å². The van der Waals surface area contributed by atoms with Crippen molar-refractivity contribution in [3.63, 3.8) is 0 Å². The van der Waals surface area contributed by atoms with Crippen molar-refractivity contribution in [2.45, 2.75) is 40.0 Å². The molecule has 0 aromatic heterocycles. The van der Waals surface area contributed by atoms with Gasteiger partial charge in [-0.25, -0.2) is 0 Å². The molecule has 0 bridgehead atoms. The molecule has 0 amide bonds. The van der Waals surface area contributed by atoms with Gasteiger partial charge in [-0.15, -0.1) is 0 Å². The number of ether oxygens (including phenoxy) is 1. The second-order valence-electron chi connectivity index (χ2n) is 5.85. The first-order valence-corrected chi connectivity index (χ1v) is 6.28. The molecule has 0 saturated heterocycles. The summed E-state index contributed by atoms with van der Waals surface area (Å²) in [6.07, 6.45) is 4.09. The van der Waals surface area contributed by atoms with Gasteiger partial charge < -0.3 is 4.74 Å². The molecule has 0 heterocycles. The van der Waals surface area contributed by atoms with Gasteiger partial charge in [0.05, 0.1) is 7.11 Å². The summed E-state index contributed by atoms with van der Waals surface area (Å²) in [4.78, 5) is 0. The first-order valence-electron chi connectivity index (χ1n) is 6.28. The minimum atomic E-state index is 0.142. The highest BCUT2D eigenvalue weighted by atomic mass is 16.5. The first kappa shape index (κ1) is 14.6. The molecule has 98 valence electrons. The molecule has 1 rings (SSSR count). The Bertz CT molecular complexity index is 473. The standard InChI is InChI=1S/C17H24O/c1-12(2)8-9-14-11-15(17(4,5)6)10-13(3)16(14)18-7/h8-11H,1H2,2-7H3/b9-8-. The fourth-order valence-corrected chi connectivity index (χ4v) is 1.87. The number of methoxy groups -OCH3 is 1. The van der Waals surface area contributed by atoms with Crippen LogP contribution in [0, 0.1) is 6.92 Å². The van der Waals surface area contributed by atoms with Crippen molar-refractivity contribution < 1.29 is 4.74 Å². The van der Waals surface area contributed by atoms with E-state index in [1.54, 1.807) is 7.11 Å². The normalized spacial score (nSPS) is 11.9. The maximum absolute atomic E-state index is 5.50. The van der Waals surface area contributed by atoms with Crippen LogP contribution in [0.15, 0.2) is 30.4 Å².